The molecule has 0 aliphatic rings. The second kappa shape index (κ2) is 7.45. The number of amides is 1. The van der Waals surface area contributed by atoms with Crippen LogP contribution in [-0.4, -0.2) is 19.9 Å². The standard InChI is InChI=1S/C18H21ClN2O3S/c1-18(2,3)20-17(22)14-9-5-7-11-16(14)21-25(23,24)12-13-8-4-6-10-15(13)19/h4-11,21H,12H2,1-3H3,(H,20,22). The molecule has 5 nitrogen and oxygen atoms in total. The Balaban J connectivity index is 2.25. The van der Waals surface area contributed by atoms with Gasteiger partial charge in [-0.2, -0.15) is 0 Å². The van der Waals surface area contributed by atoms with Crippen molar-refractivity contribution in [2.45, 2.75) is 32.1 Å². The summed E-state index contributed by atoms with van der Waals surface area (Å²) in [6.45, 7) is 5.57. The molecule has 2 aromatic carbocycles. The summed E-state index contributed by atoms with van der Waals surface area (Å²) in [5.41, 5.74) is 0.561. The molecule has 0 saturated heterocycles. The van der Waals surface area contributed by atoms with Crippen molar-refractivity contribution in [3.05, 3.63) is 64.7 Å². The molecular formula is C18H21ClN2O3S. The Morgan fingerprint density at radius 1 is 1.04 bits per heavy atom. The van der Waals surface area contributed by atoms with Crippen LogP contribution in [0.1, 0.15) is 36.7 Å². The van der Waals surface area contributed by atoms with E-state index in [0.717, 1.165) is 0 Å². The molecule has 1 amide bonds. The van der Waals surface area contributed by atoms with Gasteiger partial charge in [-0.3, -0.25) is 9.52 Å². The fourth-order valence-corrected chi connectivity index (χ4v) is 3.73. The van der Waals surface area contributed by atoms with E-state index in [1.54, 1.807) is 48.5 Å². The Morgan fingerprint density at radius 2 is 1.64 bits per heavy atom. The first-order valence-electron chi connectivity index (χ1n) is 7.73. The average Bonchev–Trinajstić information content (AvgIpc) is 2.47. The number of sulfonamides is 1. The molecule has 0 saturated carbocycles. The van der Waals surface area contributed by atoms with Gasteiger partial charge in [0.2, 0.25) is 10.0 Å². The Kier molecular flexibility index (Phi) is 5.75. The number of halogens is 1. The van der Waals surface area contributed by atoms with Crippen LogP contribution in [0.25, 0.3) is 0 Å². The molecule has 0 atom stereocenters. The molecule has 7 heteroatoms. The van der Waals surface area contributed by atoms with Crippen LogP contribution in [0.15, 0.2) is 48.5 Å². The number of benzene rings is 2. The summed E-state index contributed by atoms with van der Waals surface area (Å²) in [4.78, 5) is 12.4. The first-order chi connectivity index (χ1) is 11.6. The highest BCUT2D eigenvalue weighted by Gasteiger charge is 2.21. The number of nitrogens with one attached hydrogen (secondary N) is 2. The highest BCUT2D eigenvalue weighted by atomic mass is 35.5. The van der Waals surface area contributed by atoms with Crippen LogP contribution in [-0.2, 0) is 15.8 Å². The zero-order valence-corrected chi connectivity index (χ0v) is 15.9. The third-order valence-electron chi connectivity index (χ3n) is 3.23. The van der Waals surface area contributed by atoms with Crippen molar-refractivity contribution in [2.24, 2.45) is 0 Å². The van der Waals surface area contributed by atoms with Crippen LogP contribution in [0.3, 0.4) is 0 Å². The van der Waals surface area contributed by atoms with Crippen LogP contribution in [0.2, 0.25) is 5.02 Å². The van der Waals surface area contributed by atoms with Gasteiger partial charge in [-0.1, -0.05) is 41.9 Å². The van der Waals surface area contributed by atoms with Gasteiger partial charge in [0, 0.05) is 10.6 Å². The van der Waals surface area contributed by atoms with Crippen LogP contribution in [0.4, 0.5) is 5.69 Å². The van der Waals surface area contributed by atoms with E-state index in [0.29, 0.717) is 10.6 Å². The maximum Gasteiger partial charge on any atom is 0.253 e. The third-order valence-corrected chi connectivity index (χ3v) is 4.82. The average molecular weight is 381 g/mol. The van der Waals surface area contributed by atoms with E-state index in [4.69, 9.17) is 11.6 Å². The summed E-state index contributed by atoms with van der Waals surface area (Å²) in [7, 11) is -3.72. The largest absolute Gasteiger partial charge is 0.347 e. The van der Waals surface area contributed by atoms with E-state index >= 15 is 0 Å². The van der Waals surface area contributed by atoms with Gasteiger partial charge in [0.15, 0.2) is 0 Å². The molecule has 0 unspecified atom stereocenters. The van der Waals surface area contributed by atoms with E-state index in [1.165, 1.54) is 0 Å². The second-order valence-corrected chi connectivity index (χ2v) is 8.83. The molecule has 0 radical (unpaired) electrons. The fraction of sp³-hybridized carbons (Fsp3) is 0.278. The number of carbonyl (C=O) groups is 1. The minimum Gasteiger partial charge on any atom is -0.347 e. The van der Waals surface area contributed by atoms with Crippen molar-refractivity contribution in [1.82, 2.24) is 5.32 Å². The van der Waals surface area contributed by atoms with Crippen molar-refractivity contribution < 1.29 is 13.2 Å². The Labute approximate surface area is 153 Å². The Hall–Kier alpha value is -2.05. The number of carbonyl (C=O) groups excluding carboxylic acids is 1. The lowest BCUT2D eigenvalue weighted by Crippen LogP contribution is -2.40. The van der Waals surface area contributed by atoms with Gasteiger partial charge >= 0.3 is 0 Å². The number of para-hydroxylation sites is 1. The smallest absolute Gasteiger partial charge is 0.253 e. The maximum atomic E-state index is 12.5. The second-order valence-electron chi connectivity index (χ2n) is 6.70. The summed E-state index contributed by atoms with van der Waals surface area (Å²) in [5.74, 6) is -0.620. The van der Waals surface area contributed by atoms with Gasteiger partial charge in [0.1, 0.15) is 0 Å². The molecule has 2 aromatic rings. The predicted molar refractivity (Wildman–Crippen MR) is 101 cm³/mol. The molecule has 2 N–H and O–H groups in total. The van der Waals surface area contributed by atoms with E-state index in [1.807, 2.05) is 20.8 Å². The predicted octanol–water partition coefficient (Wildman–Crippen LogP) is 3.81. The van der Waals surface area contributed by atoms with Gasteiger partial charge in [-0.05, 0) is 44.5 Å². The third kappa shape index (κ3) is 5.76. The molecule has 0 aliphatic carbocycles. The number of anilines is 1. The molecule has 0 heterocycles. The summed E-state index contributed by atoms with van der Waals surface area (Å²) in [6.07, 6.45) is 0. The quantitative estimate of drug-likeness (QED) is 0.828. The summed E-state index contributed by atoms with van der Waals surface area (Å²) < 4.78 is 27.4. The molecule has 0 fully saturated rings. The lowest BCUT2D eigenvalue weighted by molar-refractivity contribution is 0.0920. The highest BCUT2D eigenvalue weighted by molar-refractivity contribution is 7.91. The molecule has 0 spiro atoms. The lowest BCUT2D eigenvalue weighted by Gasteiger charge is -2.21. The van der Waals surface area contributed by atoms with Crippen LogP contribution >= 0.6 is 11.6 Å². The van der Waals surface area contributed by atoms with Crippen LogP contribution in [0.5, 0.6) is 0 Å². The minimum atomic E-state index is -3.72. The zero-order chi connectivity index (χ0) is 18.7. The molecule has 0 aliphatic heterocycles. The van der Waals surface area contributed by atoms with Gasteiger partial charge in [-0.15, -0.1) is 0 Å². The van der Waals surface area contributed by atoms with Gasteiger partial charge in [-0.25, -0.2) is 8.42 Å². The molecule has 0 bridgehead atoms. The highest BCUT2D eigenvalue weighted by Crippen LogP contribution is 2.22. The first kappa shape index (κ1) is 19.3. The normalized spacial score (nSPS) is 11.8. The molecule has 134 valence electrons. The van der Waals surface area contributed by atoms with E-state index in [-0.39, 0.29) is 22.9 Å². The van der Waals surface area contributed by atoms with Crippen LogP contribution < -0.4 is 10.0 Å². The fourth-order valence-electron chi connectivity index (χ4n) is 2.20. The molecule has 0 aromatic heterocycles. The zero-order valence-electron chi connectivity index (χ0n) is 14.3. The minimum absolute atomic E-state index is 0.233. The van der Waals surface area contributed by atoms with Crippen molar-refractivity contribution in [3.8, 4) is 0 Å². The maximum absolute atomic E-state index is 12.5. The number of hydrogen-bond acceptors (Lipinski definition) is 3. The summed E-state index contributed by atoms with van der Waals surface area (Å²) in [5, 5.41) is 3.21. The first-order valence-corrected chi connectivity index (χ1v) is 9.76. The molecule has 25 heavy (non-hydrogen) atoms. The van der Waals surface area contributed by atoms with E-state index in [9.17, 15) is 13.2 Å². The SMILES string of the molecule is CC(C)(C)NC(=O)c1ccccc1NS(=O)(=O)Cc1ccccc1Cl. The van der Waals surface area contributed by atoms with Crippen molar-refractivity contribution in [3.63, 3.8) is 0 Å². The monoisotopic (exact) mass is 380 g/mol. The number of hydrogen-bond donors (Lipinski definition) is 2. The molecule has 2 rings (SSSR count). The summed E-state index contributed by atoms with van der Waals surface area (Å²) in [6, 6.07) is 13.2. The van der Waals surface area contributed by atoms with Gasteiger partial charge in [0.05, 0.1) is 17.0 Å². The van der Waals surface area contributed by atoms with Gasteiger partial charge < -0.3 is 5.32 Å². The summed E-state index contributed by atoms with van der Waals surface area (Å²) >= 11 is 6.03. The van der Waals surface area contributed by atoms with E-state index in [2.05, 4.69) is 10.0 Å². The Bertz CT molecular complexity index is 874. The van der Waals surface area contributed by atoms with Crippen molar-refractivity contribution in [2.75, 3.05) is 4.72 Å². The Morgan fingerprint density at radius 3 is 2.28 bits per heavy atom. The number of rotatable bonds is 5. The lowest BCUT2D eigenvalue weighted by atomic mass is 10.1. The topological polar surface area (TPSA) is 75.3 Å². The van der Waals surface area contributed by atoms with Crippen molar-refractivity contribution in [1.29, 1.82) is 0 Å². The van der Waals surface area contributed by atoms with Crippen molar-refractivity contribution >= 4 is 33.2 Å². The van der Waals surface area contributed by atoms with E-state index < -0.39 is 15.6 Å². The molecular weight excluding hydrogens is 360 g/mol. The van der Waals surface area contributed by atoms with Gasteiger partial charge in [0.25, 0.3) is 5.91 Å². The van der Waals surface area contributed by atoms with Crippen LogP contribution in [0, 0.1) is 0 Å².